The van der Waals surface area contributed by atoms with Gasteiger partial charge in [0.15, 0.2) is 0 Å². The number of ether oxygens (including phenoxy) is 2. The standard InChI is InChI=1S/C20H24O4/c1-13(2)19(21)24-18-11-9-17(10-12-18)16-7-5-15(6-8-16)14(3)20(22)23-4/h9-12,15-16H,1,3,5-8H2,2,4H3. The van der Waals surface area contributed by atoms with E-state index >= 15 is 0 Å². The molecule has 0 atom stereocenters. The molecule has 0 N–H and O–H groups in total. The van der Waals surface area contributed by atoms with Crippen LogP contribution in [0.2, 0.25) is 0 Å². The van der Waals surface area contributed by atoms with Crippen LogP contribution in [0.25, 0.3) is 0 Å². The Morgan fingerprint density at radius 1 is 1.00 bits per heavy atom. The van der Waals surface area contributed by atoms with Crippen LogP contribution in [-0.2, 0) is 14.3 Å². The van der Waals surface area contributed by atoms with Gasteiger partial charge in [0, 0.05) is 11.1 Å². The molecule has 0 spiro atoms. The molecular weight excluding hydrogens is 304 g/mol. The van der Waals surface area contributed by atoms with Gasteiger partial charge in [0.2, 0.25) is 0 Å². The Balaban J connectivity index is 1.92. The lowest BCUT2D eigenvalue weighted by Gasteiger charge is -2.29. The van der Waals surface area contributed by atoms with Crippen LogP contribution in [0.5, 0.6) is 5.75 Å². The van der Waals surface area contributed by atoms with Crippen LogP contribution in [0.4, 0.5) is 0 Å². The van der Waals surface area contributed by atoms with Crippen LogP contribution in [0.1, 0.15) is 44.1 Å². The Labute approximate surface area is 143 Å². The second-order valence-electron chi connectivity index (χ2n) is 6.30. The maximum Gasteiger partial charge on any atom is 0.338 e. The average Bonchev–Trinajstić information content (AvgIpc) is 2.61. The van der Waals surface area contributed by atoms with Gasteiger partial charge in [-0.2, -0.15) is 0 Å². The van der Waals surface area contributed by atoms with E-state index in [2.05, 4.69) is 13.2 Å². The minimum Gasteiger partial charge on any atom is -0.466 e. The van der Waals surface area contributed by atoms with E-state index in [9.17, 15) is 9.59 Å². The maximum absolute atomic E-state index is 11.6. The Bertz CT molecular complexity index is 634. The highest BCUT2D eigenvalue weighted by molar-refractivity contribution is 5.89. The molecular formula is C20H24O4. The highest BCUT2D eigenvalue weighted by atomic mass is 16.5. The zero-order chi connectivity index (χ0) is 17.7. The van der Waals surface area contributed by atoms with Gasteiger partial charge in [-0.15, -0.1) is 0 Å². The van der Waals surface area contributed by atoms with E-state index in [1.54, 1.807) is 6.92 Å². The van der Waals surface area contributed by atoms with Gasteiger partial charge in [-0.1, -0.05) is 25.3 Å². The molecule has 4 nitrogen and oxygen atoms in total. The molecule has 2 rings (SSSR count). The third-order valence-corrected chi connectivity index (χ3v) is 4.58. The fourth-order valence-electron chi connectivity index (χ4n) is 3.08. The Hall–Kier alpha value is -2.36. The van der Waals surface area contributed by atoms with Gasteiger partial charge in [-0.3, -0.25) is 0 Å². The number of hydrogen-bond donors (Lipinski definition) is 0. The molecule has 1 aliphatic rings. The minimum absolute atomic E-state index is 0.212. The zero-order valence-corrected chi connectivity index (χ0v) is 14.3. The zero-order valence-electron chi connectivity index (χ0n) is 14.3. The Kier molecular flexibility index (Phi) is 5.96. The van der Waals surface area contributed by atoms with Crippen molar-refractivity contribution in [2.75, 3.05) is 7.11 Å². The van der Waals surface area contributed by atoms with E-state index in [1.165, 1.54) is 12.7 Å². The van der Waals surface area contributed by atoms with Crippen molar-refractivity contribution in [2.24, 2.45) is 5.92 Å². The minimum atomic E-state index is -0.412. The predicted molar refractivity (Wildman–Crippen MR) is 92.7 cm³/mol. The van der Waals surface area contributed by atoms with Crippen LogP contribution >= 0.6 is 0 Å². The molecule has 128 valence electrons. The molecule has 0 saturated heterocycles. The molecule has 24 heavy (non-hydrogen) atoms. The number of carbonyl (C=O) groups is 2. The average molecular weight is 328 g/mol. The molecule has 0 bridgehead atoms. The molecule has 0 aliphatic heterocycles. The summed E-state index contributed by atoms with van der Waals surface area (Å²) in [7, 11) is 1.39. The van der Waals surface area contributed by atoms with Crippen molar-refractivity contribution in [1.82, 2.24) is 0 Å². The number of hydrogen-bond acceptors (Lipinski definition) is 4. The molecule has 0 amide bonds. The summed E-state index contributed by atoms with van der Waals surface area (Å²) in [5.41, 5.74) is 2.19. The predicted octanol–water partition coefficient (Wildman–Crippen LogP) is 4.17. The summed E-state index contributed by atoms with van der Waals surface area (Å²) in [6.45, 7) is 9.06. The topological polar surface area (TPSA) is 52.6 Å². The van der Waals surface area contributed by atoms with Crippen LogP contribution in [0.15, 0.2) is 48.6 Å². The third kappa shape index (κ3) is 4.34. The summed E-state index contributed by atoms with van der Waals surface area (Å²) in [6.07, 6.45) is 3.88. The first-order valence-electron chi connectivity index (χ1n) is 8.17. The SMILES string of the molecule is C=C(C)C(=O)Oc1ccc(C2CCC(C(=C)C(=O)OC)CC2)cc1. The summed E-state index contributed by atoms with van der Waals surface area (Å²) < 4.78 is 9.96. The fourth-order valence-corrected chi connectivity index (χ4v) is 3.08. The largest absolute Gasteiger partial charge is 0.466 e. The molecule has 1 saturated carbocycles. The first-order chi connectivity index (χ1) is 11.4. The molecule has 4 heteroatoms. The van der Waals surface area contributed by atoms with Crippen LogP contribution in [-0.4, -0.2) is 19.0 Å². The van der Waals surface area contributed by atoms with E-state index in [1.807, 2.05) is 24.3 Å². The van der Waals surface area contributed by atoms with Crippen LogP contribution < -0.4 is 4.74 Å². The molecule has 0 aromatic heterocycles. The van der Waals surface area contributed by atoms with Gasteiger partial charge in [0.05, 0.1) is 7.11 Å². The third-order valence-electron chi connectivity index (χ3n) is 4.58. The normalized spacial score (nSPS) is 20.1. The Morgan fingerprint density at radius 3 is 2.08 bits per heavy atom. The highest BCUT2D eigenvalue weighted by Gasteiger charge is 2.27. The van der Waals surface area contributed by atoms with Crippen molar-refractivity contribution in [3.63, 3.8) is 0 Å². The van der Waals surface area contributed by atoms with Crippen molar-refractivity contribution >= 4 is 11.9 Å². The number of esters is 2. The molecule has 0 unspecified atom stereocenters. The lowest BCUT2D eigenvalue weighted by molar-refractivity contribution is -0.136. The summed E-state index contributed by atoms with van der Waals surface area (Å²) in [6, 6.07) is 7.63. The monoisotopic (exact) mass is 328 g/mol. The Morgan fingerprint density at radius 2 is 1.58 bits per heavy atom. The number of methoxy groups -OCH3 is 1. The molecule has 1 fully saturated rings. The maximum atomic E-state index is 11.6. The molecule has 0 radical (unpaired) electrons. The van der Waals surface area contributed by atoms with Crippen molar-refractivity contribution in [2.45, 2.75) is 38.5 Å². The lowest BCUT2D eigenvalue weighted by Crippen LogP contribution is -2.19. The molecule has 1 aliphatic carbocycles. The number of rotatable bonds is 5. The van der Waals surface area contributed by atoms with Gasteiger partial charge >= 0.3 is 11.9 Å². The van der Waals surface area contributed by atoms with Gasteiger partial charge in [-0.05, 0) is 62.1 Å². The molecule has 0 heterocycles. The first-order valence-corrected chi connectivity index (χ1v) is 8.17. The second kappa shape index (κ2) is 7.95. The quantitative estimate of drug-likeness (QED) is 0.462. The van der Waals surface area contributed by atoms with Gasteiger partial charge < -0.3 is 9.47 Å². The highest BCUT2D eigenvalue weighted by Crippen LogP contribution is 2.38. The van der Waals surface area contributed by atoms with E-state index in [0.717, 1.165) is 25.7 Å². The van der Waals surface area contributed by atoms with Crippen molar-refractivity contribution in [1.29, 1.82) is 0 Å². The molecule has 1 aromatic rings. The van der Waals surface area contributed by atoms with Crippen LogP contribution in [0.3, 0.4) is 0 Å². The van der Waals surface area contributed by atoms with Crippen LogP contribution in [0, 0.1) is 5.92 Å². The summed E-state index contributed by atoms with van der Waals surface area (Å²) in [4.78, 5) is 23.1. The summed E-state index contributed by atoms with van der Waals surface area (Å²) in [5, 5.41) is 0. The van der Waals surface area contributed by atoms with Gasteiger partial charge in [0.1, 0.15) is 5.75 Å². The number of benzene rings is 1. The smallest absolute Gasteiger partial charge is 0.338 e. The van der Waals surface area contributed by atoms with Crippen molar-refractivity contribution in [3.05, 3.63) is 54.1 Å². The first kappa shape index (κ1) is 18.0. The van der Waals surface area contributed by atoms with E-state index in [-0.39, 0.29) is 11.9 Å². The van der Waals surface area contributed by atoms with E-state index in [4.69, 9.17) is 9.47 Å². The van der Waals surface area contributed by atoms with Gasteiger partial charge in [0.25, 0.3) is 0 Å². The summed E-state index contributed by atoms with van der Waals surface area (Å²) in [5.74, 6) is 0.480. The second-order valence-corrected chi connectivity index (χ2v) is 6.30. The van der Waals surface area contributed by atoms with Gasteiger partial charge in [-0.25, -0.2) is 9.59 Å². The van der Waals surface area contributed by atoms with E-state index < -0.39 is 5.97 Å². The van der Waals surface area contributed by atoms with E-state index in [0.29, 0.717) is 22.8 Å². The fraction of sp³-hybridized carbons (Fsp3) is 0.400. The van der Waals surface area contributed by atoms with Crippen molar-refractivity contribution < 1.29 is 19.1 Å². The van der Waals surface area contributed by atoms with Crippen molar-refractivity contribution in [3.8, 4) is 5.75 Å². The molecule has 1 aromatic carbocycles. The lowest BCUT2D eigenvalue weighted by atomic mass is 9.76. The summed E-state index contributed by atoms with van der Waals surface area (Å²) >= 11 is 0. The number of carbonyl (C=O) groups excluding carboxylic acids is 2.